The van der Waals surface area contributed by atoms with E-state index in [1.807, 2.05) is 24.3 Å². The highest BCUT2D eigenvalue weighted by molar-refractivity contribution is 5.86. The summed E-state index contributed by atoms with van der Waals surface area (Å²) in [6, 6.07) is 5.78. The summed E-state index contributed by atoms with van der Waals surface area (Å²) in [5.41, 5.74) is 7.32. The van der Waals surface area contributed by atoms with Gasteiger partial charge in [0, 0.05) is 6.42 Å². The number of carboxylic acid groups (broad SMARTS) is 1. The minimum absolute atomic E-state index is 0.434. The van der Waals surface area contributed by atoms with Gasteiger partial charge in [0.15, 0.2) is 0 Å². The highest BCUT2D eigenvalue weighted by atomic mass is 16.4. The fourth-order valence-corrected chi connectivity index (χ4v) is 2.29. The van der Waals surface area contributed by atoms with Crippen molar-refractivity contribution >= 4 is 11.9 Å². The first kappa shape index (κ1) is 13.5. The zero-order valence-electron chi connectivity index (χ0n) is 10.2. The largest absolute Gasteiger partial charge is 0.481 e. The van der Waals surface area contributed by atoms with Crippen LogP contribution in [0.1, 0.15) is 23.6 Å². The number of carboxylic acids is 1. The molecule has 1 amide bonds. The highest BCUT2D eigenvalue weighted by Gasteiger charge is 2.33. The lowest BCUT2D eigenvalue weighted by molar-refractivity contribution is -0.139. The molecule has 6 heteroatoms. The van der Waals surface area contributed by atoms with Gasteiger partial charge < -0.3 is 21.3 Å². The number of rotatable bonds is 4. The molecule has 102 valence electrons. The van der Waals surface area contributed by atoms with Gasteiger partial charge in [-0.2, -0.15) is 0 Å². The SMILES string of the molecule is NC(CC(=O)O)C(=O)N[C@@H]1c2ccccc2C[C@@H]1O. The standard InChI is InChI=1S/C13H16N2O4/c14-9(6-11(17)18)13(19)15-12-8-4-2-1-3-7(8)5-10(12)16/h1-4,9-10,12,16H,5-6,14H2,(H,15,19)(H,17,18)/t9?,10-,12+/m0/s1. The number of nitrogens with one attached hydrogen (secondary N) is 1. The Morgan fingerprint density at radius 1 is 1.42 bits per heavy atom. The van der Waals surface area contributed by atoms with Crippen molar-refractivity contribution in [3.63, 3.8) is 0 Å². The molecule has 0 aromatic heterocycles. The number of carbonyl (C=O) groups is 2. The maximum absolute atomic E-state index is 11.8. The van der Waals surface area contributed by atoms with Gasteiger partial charge in [-0.1, -0.05) is 24.3 Å². The normalized spacial score (nSPS) is 22.6. The Morgan fingerprint density at radius 3 is 2.79 bits per heavy atom. The molecule has 1 aromatic carbocycles. The molecule has 1 unspecified atom stereocenters. The molecule has 19 heavy (non-hydrogen) atoms. The molecular formula is C13H16N2O4. The molecule has 0 bridgehead atoms. The van der Waals surface area contributed by atoms with Crippen LogP contribution in [0.15, 0.2) is 24.3 Å². The average molecular weight is 264 g/mol. The Hall–Kier alpha value is -1.92. The number of aliphatic hydroxyl groups excluding tert-OH is 1. The predicted octanol–water partition coefficient (Wildman–Crippen LogP) is -0.437. The summed E-state index contributed by atoms with van der Waals surface area (Å²) in [4.78, 5) is 22.3. The molecule has 0 aliphatic heterocycles. The van der Waals surface area contributed by atoms with Crippen molar-refractivity contribution in [3.8, 4) is 0 Å². The van der Waals surface area contributed by atoms with Gasteiger partial charge in [0.1, 0.15) is 0 Å². The molecule has 0 spiro atoms. The second-order valence-electron chi connectivity index (χ2n) is 4.66. The number of benzene rings is 1. The van der Waals surface area contributed by atoms with E-state index in [2.05, 4.69) is 5.32 Å². The molecule has 5 N–H and O–H groups in total. The minimum Gasteiger partial charge on any atom is -0.481 e. The fourth-order valence-electron chi connectivity index (χ4n) is 2.29. The van der Waals surface area contributed by atoms with E-state index in [4.69, 9.17) is 10.8 Å². The summed E-state index contributed by atoms with van der Waals surface area (Å²) in [6.45, 7) is 0. The number of aliphatic carboxylic acids is 1. The number of fused-ring (bicyclic) bond motifs is 1. The van der Waals surface area contributed by atoms with Crippen molar-refractivity contribution < 1.29 is 19.8 Å². The summed E-state index contributed by atoms with van der Waals surface area (Å²) in [6.07, 6.45) is -0.677. The maximum Gasteiger partial charge on any atom is 0.305 e. The van der Waals surface area contributed by atoms with E-state index < -0.39 is 36.5 Å². The third-order valence-electron chi connectivity index (χ3n) is 3.23. The summed E-state index contributed by atoms with van der Waals surface area (Å²) in [5.74, 6) is -1.70. The molecule has 0 fully saturated rings. The molecular weight excluding hydrogens is 248 g/mol. The molecule has 0 heterocycles. The lowest BCUT2D eigenvalue weighted by Crippen LogP contribution is -2.45. The van der Waals surface area contributed by atoms with Crippen LogP contribution < -0.4 is 11.1 Å². The summed E-state index contributed by atoms with van der Waals surface area (Å²) in [5, 5.41) is 21.2. The Morgan fingerprint density at radius 2 is 2.11 bits per heavy atom. The van der Waals surface area contributed by atoms with Crippen molar-refractivity contribution in [1.82, 2.24) is 5.32 Å². The first-order chi connectivity index (χ1) is 8.99. The van der Waals surface area contributed by atoms with E-state index in [0.717, 1.165) is 11.1 Å². The van der Waals surface area contributed by atoms with E-state index in [1.54, 1.807) is 0 Å². The zero-order valence-corrected chi connectivity index (χ0v) is 10.2. The first-order valence-electron chi connectivity index (χ1n) is 6.02. The number of aliphatic hydroxyl groups is 1. The minimum atomic E-state index is -1.13. The van der Waals surface area contributed by atoms with E-state index >= 15 is 0 Å². The van der Waals surface area contributed by atoms with Gasteiger partial charge >= 0.3 is 5.97 Å². The second kappa shape index (κ2) is 5.38. The van der Waals surface area contributed by atoms with Crippen LogP contribution in [0.5, 0.6) is 0 Å². The Kier molecular flexibility index (Phi) is 3.82. The smallest absolute Gasteiger partial charge is 0.305 e. The number of amides is 1. The quantitative estimate of drug-likeness (QED) is 0.589. The number of hydrogen-bond donors (Lipinski definition) is 4. The van der Waals surface area contributed by atoms with Crippen molar-refractivity contribution in [3.05, 3.63) is 35.4 Å². The van der Waals surface area contributed by atoms with Gasteiger partial charge in [-0.15, -0.1) is 0 Å². The topological polar surface area (TPSA) is 113 Å². The summed E-state index contributed by atoms with van der Waals surface area (Å²) < 4.78 is 0. The Balaban J connectivity index is 2.07. The molecule has 0 saturated carbocycles. The van der Waals surface area contributed by atoms with Gasteiger partial charge in [0.2, 0.25) is 5.91 Å². The summed E-state index contributed by atoms with van der Waals surface area (Å²) >= 11 is 0. The van der Waals surface area contributed by atoms with Crippen molar-refractivity contribution in [1.29, 1.82) is 0 Å². The molecule has 2 rings (SSSR count). The monoisotopic (exact) mass is 264 g/mol. The first-order valence-corrected chi connectivity index (χ1v) is 6.02. The average Bonchev–Trinajstić information content (AvgIpc) is 2.65. The van der Waals surface area contributed by atoms with E-state index in [1.165, 1.54) is 0 Å². The third kappa shape index (κ3) is 2.91. The lowest BCUT2D eigenvalue weighted by Gasteiger charge is -2.20. The van der Waals surface area contributed by atoms with Crippen LogP contribution in [-0.4, -0.2) is 34.2 Å². The van der Waals surface area contributed by atoms with Crippen LogP contribution in [-0.2, 0) is 16.0 Å². The van der Waals surface area contributed by atoms with E-state index in [0.29, 0.717) is 6.42 Å². The van der Waals surface area contributed by atoms with E-state index in [-0.39, 0.29) is 0 Å². The van der Waals surface area contributed by atoms with Crippen LogP contribution in [0.2, 0.25) is 0 Å². The van der Waals surface area contributed by atoms with Crippen molar-refractivity contribution in [2.24, 2.45) is 5.73 Å². The lowest BCUT2D eigenvalue weighted by atomic mass is 10.1. The maximum atomic E-state index is 11.8. The number of hydrogen-bond acceptors (Lipinski definition) is 4. The molecule has 6 nitrogen and oxygen atoms in total. The van der Waals surface area contributed by atoms with E-state index in [9.17, 15) is 14.7 Å². The summed E-state index contributed by atoms with van der Waals surface area (Å²) in [7, 11) is 0. The van der Waals surface area contributed by atoms with Crippen LogP contribution in [0, 0.1) is 0 Å². The molecule has 3 atom stereocenters. The fraction of sp³-hybridized carbons (Fsp3) is 0.385. The van der Waals surface area contributed by atoms with Crippen LogP contribution in [0.3, 0.4) is 0 Å². The number of nitrogens with two attached hydrogens (primary N) is 1. The van der Waals surface area contributed by atoms with Gasteiger partial charge in [0.05, 0.1) is 24.6 Å². The molecule has 1 aliphatic rings. The number of carbonyl (C=O) groups excluding carboxylic acids is 1. The molecule has 0 saturated heterocycles. The van der Waals surface area contributed by atoms with Crippen LogP contribution >= 0.6 is 0 Å². The van der Waals surface area contributed by atoms with Crippen LogP contribution in [0.25, 0.3) is 0 Å². The van der Waals surface area contributed by atoms with Crippen molar-refractivity contribution in [2.75, 3.05) is 0 Å². The van der Waals surface area contributed by atoms with Crippen LogP contribution in [0.4, 0.5) is 0 Å². The van der Waals surface area contributed by atoms with Gasteiger partial charge in [-0.25, -0.2) is 0 Å². The molecule has 1 aromatic rings. The zero-order chi connectivity index (χ0) is 14.0. The van der Waals surface area contributed by atoms with Gasteiger partial charge in [-0.3, -0.25) is 9.59 Å². The Bertz CT molecular complexity index is 503. The second-order valence-corrected chi connectivity index (χ2v) is 4.66. The molecule has 1 aliphatic carbocycles. The molecule has 0 radical (unpaired) electrons. The Labute approximate surface area is 110 Å². The predicted molar refractivity (Wildman–Crippen MR) is 67.3 cm³/mol. The van der Waals surface area contributed by atoms with Gasteiger partial charge in [0.25, 0.3) is 0 Å². The van der Waals surface area contributed by atoms with Gasteiger partial charge in [-0.05, 0) is 11.1 Å². The highest BCUT2D eigenvalue weighted by Crippen LogP contribution is 2.31. The van der Waals surface area contributed by atoms with Crippen molar-refractivity contribution in [2.45, 2.75) is 31.0 Å². The third-order valence-corrected chi connectivity index (χ3v) is 3.23.